The molecule has 1 radical (unpaired) electrons. The largest absolute Gasteiger partial charge is 3.00 e. The molecule has 4 aromatic carbocycles. The molecule has 6 heterocycles. The molecule has 10 rings (SSSR count). The molecule has 0 amide bonds. The number of hydrogen-bond donors (Lipinski definition) is 0. The number of alkyl halides is 9. The monoisotopic (exact) mass is 1240 g/mol. The first-order valence-electron chi connectivity index (χ1n) is 22.2. The summed E-state index contributed by atoms with van der Waals surface area (Å²) in [5.41, 5.74) is -5.63. The number of ether oxygens (including phenoxy) is 1. The van der Waals surface area contributed by atoms with Gasteiger partial charge in [-0.25, -0.2) is 35.2 Å². The van der Waals surface area contributed by atoms with Crippen LogP contribution in [0.15, 0.2) is 176 Å². The summed E-state index contributed by atoms with van der Waals surface area (Å²) in [5, 5.41) is 11.7. The summed E-state index contributed by atoms with van der Waals surface area (Å²) in [6.45, 7) is 1.43. The first-order valence-corrected chi connectivity index (χ1v) is 26.4. The van der Waals surface area contributed by atoms with Gasteiger partial charge < -0.3 is 18.4 Å². The number of nitriles is 1. The number of hydrogen-bond acceptors (Lipinski definition) is 17. The maximum absolute atomic E-state index is 10.7. The van der Waals surface area contributed by atoms with Crippen LogP contribution in [0, 0.1) is 11.3 Å². The van der Waals surface area contributed by atoms with Gasteiger partial charge in [0.2, 0.25) is 0 Å². The van der Waals surface area contributed by atoms with Gasteiger partial charge in [-0.15, -0.1) is 0 Å². The van der Waals surface area contributed by atoms with E-state index in [0.29, 0.717) is 0 Å². The third kappa shape index (κ3) is 17.6. The zero-order chi connectivity index (χ0) is 60.0. The number of aromatic nitrogens is 6. The summed E-state index contributed by atoms with van der Waals surface area (Å²) in [4.78, 5) is 28.2. The standard InChI is InChI=1S/C24H17N3O.C23H15N3.C2H3N.3CHF3O3S.Cr/c1-28-18-14-21(19-10-2-6-16-8-4-12-25-23(16)19)27-22(15-18)20-11-3-7-17-9-5-13-26-24(17)20;1-6-16-8-4-14-24-22(16)18(10-1)20-12-3-13-21(26-20)19-11-2-7-17-9-5-15-25-23(17)19;1-2-3;3*2-1(3,4)8(5,6)7;/h2-15H,1H3;1-15H;1H3;3*(H,5,6,7);/q;;;;;;+3/p-3. The Morgan fingerprint density at radius 2 is 0.622 bits per heavy atom. The van der Waals surface area contributed by atoms with Gasteiger partial charge in [-0.1, -0.05) is 103 Å². The molecular formula is C52H35CrF9N7O10S3. The predicted molar refractivity (Wildman–Crippen MR) is 277 cm³/mol. The second kappa shape index (κ2) is 27.9. The second-order valence-corrected chi connectivity index (χ2v) is 19.7. The molecule has 0 unspecified atom stereocenters. The van der Waals surface area contributed by atoms with Crippen molar-refractivity contribution >= 4 is 74.0 Å². The summed E-state index contributed by atoms with van der Waals surface area (Å²) in [6, 6.07) is 52.5. The summed E-state index contributed by atoms with van der Waals surface area (Å²) in [6.07, 6.45) is 7.26. The van der Waals surface area contributed by atoms with Crippen LogP contribution in [0.2, 0.25) is 0 Å². The van der Waals surface area contributed by atoms with E-state index in [1.165, 1.54) is 6.92 Å². The fraction of sp³-hybridized carbons (Fsp3) is 0.0962. The molecule has 0 atom stereocenters. The van der Waals surface area contributed by atoms with E-state index >= 15 is 0 Å². The Labute approximate surface area is 471 Å². The van der Waals surface area contributed by atoms with Crippen LogP contribution < -0.4 is 4.74 Å². The molecular weight excluding hydrogens is 1200 g/mol. The second-order valence-electron chi connectivity index (χ2n) is 15.6. The normalized spacial score (nSPS) is 11.5. The van der Waals surface area contributed by atoms with Crippen molar-refractivity contribution in [1.82, 2.24) is 29.9 Å². The molecule has 30 heteroatoms. The SMILES string of the molecule is CC#N.COc1cc(-c2cccc3cccnc23)nc(-c2cccc3cccnc23)c1.O=S(=O)([O-])C(F)(F)F.O=S(=O)([O-])C(F)(F)F.O=S(=O)([O-])C(F)(F)F.[Cr+3].c1cc(-c2cccc3cccnc23)nc(-c2cccc3cccnc23)c1. The third-order valence-corrected chi connectivity index (χ3v) is 12.0. The van der Waals surface area contributed by atoms with Gasteiger partial charge in [0, 0.05) is 87.6 Å². The van der Waals surface area contributed by atoms with Crippen LogP contribution >= 0.6 is 0 Å². The molecule has 0 saturated heterocycles. The molecule has 0 fully saturated rings. The van der Waals surface area contributed by atoms with Crippen molar-refractivity contribution < 1.29 is 101 Å². The van der Waals surface area contributed by atoms with Crippen molar-refractivity contribution in [2.45, 2.75) is 23.4 Å². The Morgan fingerprint density at radius 3 is 0.854 bits per heavy atom. The van der Waals surface area contributed by atoms with E-state index in [2.05, 4.69) is 80.6 Å². The van der Waals surface area contributed by atoms with Crippen LogP contribution in [0.1, 0.15) is 6.92 Å². The Kier molecular flexibility index (Phi) is 22.6. The Hall–Kier alpha value is -8.26. The van der Waals surface area contributed by atoms with Crippen molar-refractivity contribution in [3.8, 4) is 56.8 Å². The van der Waals surface area contributed by atoms with E-state index in [1.54, 1.807) is 13.2 Å². The summed E-state index contributed by atoms with van der Waals surface area (Å²) < 4.78 is 182. The van der Waals surface area contributed by atoms with Crippen LogP contribution in [0.5, 0.6) is 5.75 Å². The first-order chi connectivity index (χ1) is 37.9. The van der Waals surface area contributed by atoms with E-state index in [9.17, 15) is 39.5 Å². The molecule has 10 aromatic rings. The van der Waals surface area contributed by atoms with E-state index in [1.807, 2.05) is 116 Å². The number of benzene rings is 4. The zero-order valence-electron chi connectivity index (χ0n) is 41.5. The molecule has 0 aliphatic heterocycles. The van der Waals surface area contributed by atoms with Gasteiger partial charge in [-0.2, -0.15) is 44.8 Å². The van der Waals surface area contributed by atoms with Gasteiger partial charge in [-0.3, -0.25) is 19.9 Å². The number of fused-ring (bicyclic) bond motifs is 4. The number of methoxy groups -OCH3 is 1. The number of halogens is 9. The zero-order valence-corrected chi connectivity index (χ0v) is 45.2. The van der Waals surface area contributed by atoms with Crippen molar-refractivity contribution in [2.75, 3.05) is 7.11 Å². The van der Waals surface area contributed by atoms with Gasteiger partial charge in [0.15, 0.2) is 30.4 Å². The van der Waals surface area contributed by atoms with Crippen molar-refractivity contribution in [2.24, 2.45) is 0 Å². The molecule has 0 bridgehead atoms. The van der Waals surface area contributed by atoms with E-state index < -0.39 is 46.9 Å². The molecule has 0 spiro atoms. The Balaban J connectivity index is 0.000000244. The average Bonchev–Trinajstić information content (AvgIpc) is 3.50. The van der Waals surface area contributed by atoms with Crippen molar-refractivity contribution in [1.29, 1.82) is 5.26 Å². The minimum atomic E-state index is -6.09. The summed E-state index contributed by atoms with van der Waals surface area (Å²) in [7, 11) is -16.6. The van der Waals surface area contributed by atoms with Crippen LogP contribution in [0.25, 0.3) is 88.6 Å². The number of pyridine rings is 6. The summed E-state index contributed by atoms with van der Waals surface area (Å²) >= 11 is 0. The van der Waals surface area contributed by atoms with Gasteiger partial charge >= 0.3 is 33.9 Å². The molecule has 0 saturated carbocycles. The number of nitrogens with zero attached hydrogens (tertiary/aromatic N) is 7. The quantitative estimate of drug-likeness (QED) is 0.0879. The topological polar surface area (TPSA) is 282 Å². The first kappa shape index (κ1) is 66.3. The fourth-order valence-electron chi connectivity index (χ4n) is 6.88. The van der Waals surface area contributed by atoms with Crippen LogP contribution in [-0.2, 0) is 47.7 Å². The molecule has 0 aliphatic rings. The molecule has 0 aliphatic carbocycles. The molecule has 425 valence electrons. The maximum atomic E-state index is 10.7. The molecule has 82 heavy (non-hydrogen) atoms. The van der Waals surface area contributed by atoms with Crippen molar-refractivity contribution in [3.05, 3.63) is 176 Å². The van der Waals surface area contributed by atoms with Gasteiger partial charge in [0.05, 0.1) is 58.0 Å². The van der Waals surface area contributed by atoms with E-state index in [4.69, 9.17) is 58.9 Å². The van der Waals surface area contributed by atoms with Crippen LogP contribution in [0.3, 0.4) is 0 Å². The predicted octanol–water partition coefficient (Wildman–Crippen LogP) is 11.7. The third-order valence-electron chi connectivity index (χ3n) is 10.3. The van der Waals surface area contributed by atoms with Gasteiger partial charge in [0.1, 0.15) is 5.75 Å². The van der Waals surface area contributed by atoms with E-state index in [0.717, 1.165) is 94.4 Å². The minimum Gasteiger partial charge on any atom is -0.741 e. The number of para-hydroxylation sites is 4. The Bertz CT molecular complexity index is 3930. The van der Waals surface area contributed by atoms with Crippen LogP contribution in [0.4, 0.5) is 39.5 Å². The Morgan fingerprint density at radius 1 is 0.415 bits per heavy atom. The van der Waals surface area contributed by atoms with Crippen molar-refractivity contribution in [3.63, 3.8) is 0 Å². The van der Waals surface area contributed by atoms with Gasteiger partial charge in [-0.05, 0) is 36.4 Å². The van der Waals surface area contributed by atoms with Crippen LogP contribution in [-0.4, -0.2) is 92.5 Å². The molecule has 0 N–H and O–H groups in total. The smallest absolute Gasteiger partial charge is 0.741 e. The minimum absolute atomic E-state index is 0. The van der Waals surface area contributed by atoms with E-state index in [-0.39, 0.29) is 17.4 Å². The maximum Gasteiger partial charge on any atom is 3.00 e. The van der Waals surface area contributed by atoms with Gasteiger partial charge in [0.25, 0.3) is 0 Å². The number of rotatable bonds is 5. The molecule has 17 nitrogen and oxygen atoms in total. The average molecular weight is 1240 g/mol. The molecule has 6 aromatic heterocycles. The summed E-state index contributed by atoms with van der Waals surface area (Å²) in [5.74, 6) is 0.751. The fourth-order valence-corrected chi connectivity index (χ4v) is 6.88.